The second kappa shape index (κ2) is 6.96. The molecule has 0 bridgehead atoms. The van der Waals surface area contributed by atoms with Gasteiger partial charge in [0.05, 0.1) is 5.56 Å². The van der Waals surface area contributed by atoms with Gasteiger partial charge in [0.25, 0.3) is 0 Å². The van der Waals surface area contributed by atoms with Crippen molar-refractivity contribution in [2.45, 2.75) is 25.8 Å². The Labute approximate surface area is 119 Å². The molecule has 1 unspecified atom stereocenters. The summed E-state index contributed by atoms with van der Waals surface area (Å²) >= 11 is 0. The van der Waals surface area contributed by atoms with Crippen molar-refractivity contribution in [1.82, 2.24) is 5.32 Å². The first-order chi connectivity index (χ1) is 9.68. The van der Waals surface area contributed by atoms with Gasteiger partial charge in [0.2, 0.25) is 0 Å². The number of benzene rings is 2. The Kier molecular flexibility index (Phi) is 5.02. The molecular formula is C17H21NO2. The van der Waals surface area contributed by atoms with Crippen LogP contribution in [0.1, 0.15) is 30.5 Å². The Balaban J connectivity index is 1.82. The molecule has 0 amide bonds. The molecule has 3 nitrogen and oxygen atoms in total. The maximum atomic E-state index is 9.80. The normalized spacial score (nSPS) is 12.2. The van der Waals surface area contributed by atoms with Crippen molar-refractivity contribution in [3.8, 4) is 11.5 Å². The van der Waals surface area contributed by atoms with Crippen LogP contribution in [0, 0.1) is 0 Å². The number of aryl methyl sites for hydroxylation is 1. The van der Waals surface area contributed by atoms with Gasteiger partial charge in [0, 0.05) is 6.04 Å². The van der Waals surface area contributed by atoms with E-state index in [4.69, 9.17) is 0 Å². The van der Waals surface area contributed by atoms with E-state index in [-0.39, 0.29) is 17.5 Å². The molecule has 106 valence electrons. The SMILES string of the molecule is CC(NCCCc1ccccc1)c1c(O)cccc1O. The Morgan fingerprint density at radius 3 is 2.25 bits per heavy atom. The average Bonchev–Trinajstić information content (AvgIpc) is 2.44. The minimum Gasteiger partial charge on any atom is -0.507 e. The standard InChI is InChI=1S/C17H21NO2/c1-13(17-15(19)10-5-11-16(17)20)18-12-6-9-14-7-3-2-4-8-14/h2-5,7-8,10-11,13,18-20H,6,9,12H2,1H3. The molecule has 0 aromatic heterocycles. The van der Waals surface area contributed by atoms with Crippen molar-refractivity contribution in [2.75, 3.05) is 6.54 Å². The van der Waals surface area contributed by atoms with Crippen LogP contribution in [-0.2, 0) is 6.42 Å². The Morgan fingerprint density at radius 2 is 1.60 bits per heavy atom. The summed E-state index contributed by atoms with van der Waals surface area (Å²) in [5.41, 5.74) is 1.89. The fourth-order valence-electron chi connectivity index (χ4n) is 2.34. The number of rotatable bonds is 6. The fraction of sp³-hybridized carbons (Fsp3) is 0.294. The lowest BCUT2D eigenvalue weighted by molar-refractivity contribution is 0.418. The molecule has 0 saturated carbocycles. The summed E-state index contributed by atoms with van der Waals surface area (Å²) in [5.74, 6) is 0.265. The minimum absolute atomic E-state index is 0.0769. The molecule has 0 fully saturated rings. The molecule has 0 aliphatic rings. The molecule has 0 spiro atoms. The second-order valence-electron chi connectivity index (χ2n) is 4.97. The van der Waals surface area contributed by atoms with Crippen molar-refractivity contribution in [2.24, 2.45) is 0 Å². The highest BCUT2D eigenvalue weighted by molar-refractivity contribution is 5.44. The Morgan fingerprint density at radius 1 is 0.950 bits per heavy atom. The second-order valence-corrected chi connectivity index (χ2v) is 4.97. The van der Waals surface area contributed by atoms with Gasteiger partial charge in [0.1, 0.15) is 11.5 Å². The summed E-state index contributed by atoms with van der Waals surface area (Å²) in [6.45, 7) is 2.78. The zero-order chi connectivity index (χ0) is 14.4. The van der Waals surface area contributed by atoms with E-state index >= 15 is 0 Å². The predicted octanol–water partition coefficient (Wildman–Crippen LogP) is 3.38. The van der Waals surface area contributed by atoms with Crippen LogP contribution in [0.25, 0.3) is 0 Å². The van der Waals surface area contributed by atoms with E-state index in [0.29, 0.717) is 5.56 Å². The van der Waals surface area contributed by atoms with Gasteiger partial charge in [-0.25, -0.2) is 0 Å². The minimum atomic E-state index is -0.0769. The van der Waals surface area contributed by atoms with Crippen LogP contribution in [0.5, 0.6) is 11.5 Å². The van der Waals surface area contributed by atoms with Gasteiger partial charge in [-0.2, -0.15) is 0 Å². The largest absolute Gasteiger partial charge is 0.507 e. The first-order valence-electron chi connectivity index (χ1n) is 6.96. The first kappa shape index (κ1) is 14.4. The number of hydrogen-bond donors (Lipinski definition) is 3. The lowest BCUT2D eigenvalue weighted by Gasteiger charge is -2.16. The van der Waals surface area contributed by atoms with Crippen LogP contribution in [-0.4, -0.2) is 16.8 Å². The molecule has 2 aromatic rings. The van der Waals surface area contributed by atoms with Gasteiger partial charge in [-0.15, -0.1) is 0 Å². The Hall–Kier alpha value is -2.00. The van der Waals surface area contributed by atoms with Gasteiger partial charge >= 0.3 is 0 Å². The molecule has 0 radical (unpaired) electrons. The highest BCUT2D eigenvalue weighted by Crippen LogP contribution is 2.31. The van der Waals surface area contributed by atoms with E-state index in [9.17, 15) is 10.2 Å². The maximum absolute atomic E-state index is 9.80. The highest BCUT2D eigenvalue weighted by atomic mass is 16.3. The third-order valence-corrected chi connectivity index (χ3v) is 3.43. The van der Waals surface area contributed by atoms with E-state index in [0.717, 1.165) is 19.4 Å². The number of nitrogens with one attached hydrogen (secondary N) is 1. The van der Waals surface area contributed by atoms with Crippen LogP contribution < -0.4 is 5.32 Å². The van der Waals surface area contributed by atoms with Crippen molar-refractivity contribution in [3.05, 3.63) is 59.7 Å². The maximum Gasteiger partial charge on any atom is 0.124 e. The molecule has 0 saturated heterocycles. The molecule has 2 aromatic carbocycles. The Bertz CT molecular complexity index is 520. The lowest BCUT2D eigenvalue weighted by Crippen LogP contribution is -2.20. The van der Waals surface area contributed by atoms with E-state index in [1.807, 2.05) is 25.1 Å². The fourth-order valence-corrected chi connectivity index (χ4v) is 2.34. The van der Waals surface area contributed by atoms with Gasteiger partial charge < -0.3 is 15.5 Å². The number of phenolic OH excluding ortho intramolecular Hbond substituents is 2. The van der Waals surface area contributed by atoms with Crippen molar-refractivity contribution >= 4 is 0 Å². The lowest BCUT2D eigenvalue weighted by atomic mass is 10.1. The topological polar surface area (TPSA) is 52.5 Å². The van der Waals surface area contributed by atoms with Crippen molar-refractivity contribution < 1.29 is 10.2 Å². The summed E-state index contributed by atoms with van der Waals surface area (Å²) in [7, 11) is 0. The monoisotopic (exact) mass is 271 g/mol. The third-order valence-electron chi connectivity index (χ3n) is 3.43. The first-order valence-corrected chi connectivity index (χ1v) is 6.96. The van der Waals surface area contributed by atoms with Gasteiger partial charge in [-0.3, -0.25) is 0 Å². The molecule has 0 aliphatic heterocycles. The van der Waals surface area contributed by atoms with Crippen molar-refractivity contribution in [1.29, 1.82) is 0 Å². The zero-order valence-electron chi connectivity index (χ0n) is 11.7. The van der Waals surface area contributed by atoms with E-state index in [2.05, 4.69) is 17.4 Å². The molecule has 1 atom stereocenters. The van der Waals surface area contributed by atoms with Crippen LogP contribution in [0.3, 0.4) is 0 Å². The average molecular weight is 271 g/mol. The molecule has 0 aliphatic carbocycles. The van der Waals surface area contributed by atoms with Gasteiger partial charge in [-0.1, -0.05) is 36.4 Å². The van der Waals surface area contributed by atoms with Crippen LogP contribution in [0.2, 0.25) is 0 Å². The smallest absolute Gasteiger partial charge is 0.124 e. The summed E-state index contributed by atoms with van der Waals surface area (Å²) in [4.78, 5) is 0. The summed E-state index contributed by atoms with van der Waals surface area (Å²) < 4.78 is 0. The highest BCUT2D eigenvalue weighted by Gasteiger charge is 2.13. The molecule has 3 heteroatoms. The molecule has 20 heavy (non-hydrogen) atoms. The number of phenols is 2. The number of hydrogen-bond acceptors (Lipinski definition) is 3. The number of aromatic hydroxyl groups is 2. The van der Waals surface area contributed by atoms with Crippen molar-refractivity contribution in [3.63, 3.8) is 0 Å². The van der Waals surface area contributed by atoms with Crippen LogP contribution >= 0.6 is 0 Å². The molecule has 0 heterocycles. The van der Waals surface area contributed by atoms with Crippen LogP contribution in [0.4, 0.5) is 0 Å². The van der Waals surface area contributed by atoms with E-state index in [1.165, 1.54) is 5.56 Å². The zero-order valence-corrected chi connectivity index (χ0v) is 11.7. The summed E-state index contributed by atoms with van der Waals surface area (Å²) in [6.07, 6.45) is 2.04. The van der Waals surface area contributed by atoms with E-state index in [1.54, 1.807) is 18.2 Å². The van der Waals surface area contributed by atoms with E-state index < -0.39 is 0 Å². The molecular weight excluding hydrogens is 250 g/mol. The predicted molar refractivity (Wildman–Crippen MR) is 81.0 cm³/mol. The molecule has 2 rings (SSSR count). The quantitative estimate of drug-likeness (QED) is 0.706. The molecule has 3 N–H and O–H groups in total. The summed E-state index contributed by atoms with van der Waals surface area (Å²) in [6, 6.07) is 15.1. The van der Waals surface area contributed by atoms with Gasteiger partial charge in [-0.05, 0) is 44.0 Å². The summed E-state index contributed by atoms with van der Waals surface area (Å²) in [5, 5.41) is 22.9. The van der Waals surface area contributed by atoms with Crippen LogP contribution in [0.15, 0.2) is 48.5 Å². The van der Waals surface area contributed by atoms with Gasteiger partial charge in [0.15, 0.2) is 0 Å². The third kappa shape index (κ3) is 3.75.